The van der Waals surface area contributed by atoms with Gasteiger partial charge in [0.25, 0.3) is 5.91 Å². The molecule has 0 fully saturated rings. The van der Waals surface area contributed by atoms with Crippen molar-refractivity contribution in [3.63, 3.8) is 0 Å². The van der Waals surface area contributed by atoms with Crippen molar-refractivity contribution < 1.29 is 4.79 Å². The highest BCUT2D eigenvalue weighted by atomic mass is 16.1. The molecule has 16 heavy (non-hydrogen) atoms. The van der Waals surface area contributed by atoms with E-state index in [1.54, 1.807) is 6.92 Å². The molecule has 1 rings (SSSR count). The van der Waals surface area contributed by atoms with Gasteiger partial charge >= 0.3 is 0 Å². The van der Waals surface area contributed by atoms with Crippen molar-refractivity contribution in [1.29, 1.82) is 0 Å². The number of aliphatic imine (C=N–C) groups is 1. The third-order valence-electron chi connectivity index (χ3n) is 2.29. The summed E-state index contributed by atoms with van der Waals surface area (Å²) in [5, 5.41) is 2.85. The van der Waals surface area contributed by atoms with Crippen LogP contribution >= 0.6 is 0 Å². The van der Waals surface area contributed by atoms with Crippen LogP contribution in [0.2, 0.25) is 0 Å². The number of hydrogen-bond donors (Lipinski definition) is 1. The summed E-state index contributed by atoms with van der Waals surface area (Å²) < 4.78 is 0. The van der Waals surface area contributed by atoms with E-state index in [1.165, 1.54) is 0 Å². The number of aryl methyl sites for hydroxylation is 1. The molecule has 0 aliphatic heterocycles. The van der Waals surface area contributed by atoms with Gasteiger partial charge in [-0.25, -0.2) is 0 Å². The Bertz CT molecular complexity index is 397. The van der Waals surface area contributed by atoms with E-state index in [9.17, 15) is 4.79 Å². The van der Waals surface area contributed by atoms with Crippen molar-refractivity contribution in [2.45, 2.75) is 27.2 Å². The molecule has 0 aromatic heterocycles. The number of benzene rings is 1. The summed E-state index contributed by atoms with van der Waals surface area (Å²) in [5.41, 5.74) is 2.43. The van der Waals surface area contributed by atoms with Crippen LogP contribution in [0.1, 0.15) is 25.8 Å². The molecule has 0 heterocycles. The first-order valence-electron chi connectivity index (χ1n) is 5.53. The Labute approximate surface area is 96.6 Å². The van der Waals surface area contributed by atoms with Crippen molar-refractivity contribution in [3.8, 4) is 0 Å². The first kappa shape index (κ1) is 12.4. The maximum absolute atomic E-state index is 11.7. The predicted octanol–water partition coefficient (Wildman–Crippen LogP) is 2.80. The molecular weight excluding hydrogens is 200 g/mol. The molecule has 0 atom stereocenters. The van der Waals surface area contributed by atoms with Crippen molar-refractivity contribution in [2.24, 2.45) is 4.99 Å². The highest BCUT2D eigenvalue weighted by molar-refractivity contribution is 6.42. The van der Waals surface area contributed by atoms with Crippen LogP contribution in [0.4, 0.5) is 5.69 Å². The van der Waals surface area contributed by atoms with E-state index in [2.05, 4.69) is 10.3 Å². The van der Waals surface area contributed by atoms with Gasteiger partial charge in [0.2, 0.25) is 0 Å². The molecule has 3 nitrogen and oxygen atoms in total. The predicted molar refractivity (Wildman–Crippen MR) is 68.1 cm³/mol. The Kier molecular flexibility index (Phi) is 4.70. The minimum absolute atomic E-state index is 0.122. The highest BCUT2D eigenvalue weighted by Gasteiger charge is 2.06. The highest BCUT2D eigenvalue weighted by Crippen LogP contribution is 2.12. The Morgan fingerprint density at radius 1 is 1.38 bits per heavy atom. The van der Waals surface area contributed by atoms with E-state index in [4.69, 9.17) is 0 Å². The summed E-state index contributed by atoms with van der Waals surface area (Å²) in [6, 6.07) is 7.71. The Morgan fingerprint density at radius 2 is 2.06 bits per heavy atom. The smallest absolute Gasteiger partial charge is 0.269 e. The Morgan fingerprint density at radius 3 is 2.69 bits per heavy atom. The van der Waals surface area contributed by atoms with Crippen LogP contribution < -0.4 is 5.32 Å². The summed E-state index contributed by atoms with van der Waals surface area (Å²) in [6.07, 6.45) is 0.953. The number of rotatable bonds is 4. The molecule has 0 radical (unpaired) electrons. The minimum Gasteiger partial charge on any atom is -0.321 e. The molecule has 0 bridgehead atoms. The standard InChI is InChI=1S/C13H18N2O/c1-4-9-14-11(3)13(16)15-12-8-6-5-7-10(12)2/h5-8H,4,9H2,1-3H3,(H,15,16). The monoisotopic (exact) mass is 218 g/mol. The number of carbonyl (C=O) groups excluding carboxylic acids is 1. The zero-order valence-corrected chi connectivity index (χ0v) is 10.1. The van der Waals surface area contributed by atoms with Gasteiger partial charge in [0.1, 0.15) is 0 Å². The van der Waals surface area contributed by atoms with Gasteiger partial charge in [0, 0.05) is 12.2 Å². The molecule has 1 aromatic carbocycles. The van der Waals surface area contributed by atoms with E-state index >= 15 is 0 Å². The maximum Gasteiger partial charge on any atom is 0.269 e. The normalized spacial score (nSPS) is 11.3. The van der Waals surface area contributed by atoms with Crippen molar-refractivity contribution in [1.82, 2.24) is 0 Å². The zero-order chi connectivity index (χ0) is 12.0. The quantitative estimate of drug-likeness (QED) is 0.776. The Balaban J connectivity index is 2.68. The fraction of sp³-hybridized carbons (Fsp3) is 0.385. The lowest BCUT2D eigenvalue weighted by atomic mass is 10.2. The number of hydrogen-bond acceptors (Lipinski definition) is 2. The van der Waals surface area contributed by atoms with Gasteiger partial charge in [-0.2, -0.15) is 0 Å². The largest absolute Gasteiger partial charge is 0.321 e. The molecule has 86 valence electrons. The second-order valence-electron chi connectivity index (χ2n) is 3.74. The maximum atomic E-state index is 11.7. The molecule has 0 saturated carbocycles. The molecule has 1 N–H and O–H groups in total. The van der Waals surface area contributed by atoms with Gasteiger partial charge in [-0.15, -0.1) is 0 Å². The zero-order valence-electron chi connectivity index (χ0n) is 10.1. The summed E-state index contributed by atoms with van der Waals surface area (Å²) in [4.78, 5) is 15.9. The molecule has 0 aliphatic rings. The van der Waals surface area contributed by atoms with Crippen LogP contribution in [0.3, 0.4) is 0 Å². The van der Waals surface area contributed by atoms with Crippen molar-refractivity contribution in [3.05, 3.63) is 29.8 Å². The summed E-state index contributed by atoms with van der Waals surface area (Å²) >= 11 is 0. The van der Waals surface area contributed by atoms with Crippen LogP contribution in [-0.2, 0) is 4.79 Å². The van der Waals surface area contributed by atoms with E-state index in [0.29, 0.717) is 12.3 Å². The second kappa shape index (κ2) is 6.05. The first-order valence-corrected chi connectivity index (χ1v) is 5.53. The molecule has 3 heteroatoms. The van der Waals surface area contributed by atoms with Crippen LogP contribution in [0, 0.1) is 6.92 Å². The molecule has 0 spiro atoms. The van der Waals surface area contributed by atoms with Gasteiger partial charge < -0.3 is 5.32 Å². The second-order valence-corrected chi connectivity index (χ2v) is 3.74. The first-order chi connectivity index (χ1) is 7.65. The molecule has 1 aromatic rings. The number of nitrogens with one attached hydrogen (secondary N) is 1. The molecule has 1 amide bonds. The topological polar surface area (TPSA) is 41.5 Å². The summed E-state index contributed by atoms with van der Waals surface area (Å²) in [5.74, 6) is -0.122. The third-order valence-corrected chi connectivity index (χ3v) is 2.29. The number of para-hydroxylation sites is 1. The van der Waals surface area contributed by atoms with Crippen molar-refractivity contribution >= 4 is 17.3 Å². The molecular formula is C13H18N2O. The minimum atomic E-state index is -0.122. The number of nitrogens with zero attached hydrogens (tertiary/aromatic N) is 1. The van der Waals surface area contributed by atoms with Gasteiger partial charge in [-0.1, -0.05) is 25.1 Å². The third kappa shape index (κ3) is 3.50. The van der Waals surface area contributed by atoms with E-state index in [0.717, 1.165) is 17.7 Å². The number of carbonyl (C=O) groups is 1. The van der Waals surface area contributed by atoms with Gasteiger partial charge in [0.05, 0.1) is 5.71 Å². The Hall–Kier alpha value is -1.64. The van der Waals surface area contributed by atoms with E-state index in [1.807, 2.05) is 38.1 Å². The van der Waals surface area contributed by atoms with Gasteiger partial charge in [-0.05, 0) is 31.9 Å². The van der Waals surface area contributed by atoms with Crippen molar-refractivity contribution in [2.75, 3.05) is 11.9 Å². The van der Waals surface area contributed by atoms with Crippen LogP contribution in [0.5, 0.6) is 0 Å². The fourth-order valence-corrected chi connectivity index (χ4v) is 1.28. The van der Waals surface area contributed by atoms with E-state index in [-0.39, 0.29) is 5.91 Å². The lowest BCUT2D eigenvalue weighted by Gasteiger charge is -2.07. The molecule has 0 aliphatic carbocycles. The van der Waals surface area contributed by atoms with Gasteiger partial charge in [0.15, 0.2) is 0 Å². The number of amides is 1. The lowest BCUT2D eigenvalue weighted by Crippen LogP contribution is -2.21. The number of anilines is 1. The lowest BCUT2D eigenvalue weighted by molar-refractivity contribution is -0.110. The summed E-state index contributed by atoms with van der Waals surface area (Å²) in [6.45, 7) is 6.44. The molecule has 0 saturated heterocycles. The summed E-state index contributed by atoms with van der Waals surface area (Å²) in [7, 11) is 0. The average molecular weight is 218 g/mol. The van der Waals surface area contributed by atoms with Gasteiger partial charge in [-0.3, -0.25) is 9.79 Å². The van der Waals surface area contributed by atoms with E-state index < -0.39 is 0 Å². The van der Waals surface area contributed by atoms with Crippen LogP contribution in [-0.4, -0.2) is 18.2 Å². The average Bonchev–Trinajstić information content (AvgIpc) is 2.28. The van der Waals surface area contributed by atoms with Crippen LogP contribution in [0.15, 0.2) is 29.3 Å². The SMILES string of the molecule is CCCN=C(C)C(=O)Nc1ccccc1C. The fourth-order valence-electron chi connectivity index (χ4n) is 1.28. The molecule has 0 unspecified atom stereocenters. The van der Waals surface area contributed by atoms with Crippen LogP contribution in [0.25, 0.3) is 0 Å².